The third kappa shape index (κ3) is 5.08. The zero-order valence-electron chi connectivity index (χ0n) is 22.1. The fourth-order valence-electron chi connectivity index (χ4n) is 6.36. The molecular formula is C27H32F3N5O4. The van der Waals surface area contributed by atoms with Crippen LogP contribution in [0.5, 0.6) is 0 Å². The average molecular weight is 548 g/mol. The summed E-state index contributed by atoms with van der Waals surface area (Å²) in [6.45, 7) is 6.93. The highest BCUT2D eigenvalue weighted by atomic mass is 19.4. The van der Waals surface area contributed by atoms with Crippen LogP contribution in [0.15, 0.2) is 18.2 Å². The third-order valence-electron chi connectivity index (χ3n) is 7.96. The lowest BCUT2D eigenvalue weighted by atomic mass is 9.75. The number of carbonyl (C=O) groups is 3. The first-order valence-electron chi connectivity index (χ1n) is 13.1. The number of nitrogens with one attached hydrogen (secondary N) is 1. The summed E-state index contributed by atoms with van der Waals surface area (Å²) >= 11 is 0. The highest BCUT2D eigenvalue weighted by Crippen LogP contribution is 2.43. The van der Waals surface area contributed by atoms with Crippen LogP contribution < -0.4 is 11.1 Å². The van der Waals surface area contributed by atoms with Crippen molar-refractivity contribution < 1.29 is 32.3 Å². The SMILES string of the molecule is CCOC(=O)N1C[C@H]2CC(Nc3cc(-n4nc(C(F)(F)F)c5c4CC(C)(C)CC5=O)ccc3C(N)=O)C[C@H]2C1. The summed E-state index contributed by atoms with van der Waals surface area (Å²) in [4.78, 5) is 38.8. The summed E-state index contributed by atoms with van der Waals surface area (Å²) in [6.07, 6.45) is -3.37. The Bertz CT molecular complexity index is 1320. The highest BCUT2D eigenvalue weighted by molar-refractivity contribution is 6.00. The number of Topliss-reactive ketones (excluding diaryl/α,β-unsaturated/α-hetero) is 1. The predicted molar refractivity (Wildman–Crippen MR) is 136 cm³/mol. The van der Waals surface area contributed by atoms with E-state index in [1.807, 2.05) is 13.8 Å². The number of benzene rings is 1. The second-order valence-electron chi connectivity index (χ2n) is 11.6. The van der Waals surface area contributed by atoms with Gasteiger partial charge < -0.3 is 20.7 Å². The average Bonchev–Trinajstić information content (AvgIpc) is 3.49. The molecular weight excluding hydrogens is 515 g/mol. The van der Waals surface area contributed by atoms with Gasteiger partial charge >= 0.3 is 12.3 Å². The molecule has 1 saturated carbocycles. The first kappa shape index (κ1) is 27.0. The van der Waals surface area contributed by atoms with Crippen LogP contribution in [0.4, 0.5) is 23.7 Å². The van der Waals surface area contributed by atoms with Crippen molar-refractivity contribution in [2.75, 3.05) is 25.0 Å². The summed E-state index contributed by atoms with van der Waals surface area (Å²) in [6, 6.07) is 4.51. The lowest BCUT2D eigenvalue weighted by Crippen LogP contribution is -2.31. The monoisotopic (exact) mass is 547 g/mol. The van der Waals surface area contributed by atoms with Crippen LogP contribution in [0.2, 0.25) is 0 Å². The first-order valence-corrected chi connectivity index (χ1v) is 13.1. The van der Waals surface area contributed by atoms with Gasteiger partial charge in [-0.25, -0.2) is 9.48 Å². The van der Waals surface area contributed by atoms with Crippen molar-refractivity contribution in [3.63, 3.8) is 0 Å². The number of alkyl halides is 3. The number of aromatic nitrogens is 2. The van der Waals surface area contributed by atoms with E-state index in [4.69, 9.17) is 10.5 Å². The van der Waals surface area contributed by atoms with Crippen molar-refractivity contribution in [3.8, 4) is 5.69 Å². The number of hydrogen-bond acceptors (Lipinski definition) is 6. The molecule has 12 heteroatoms. The van der Waals surface area contributed by atoms with E-state index >= 15 is 0 Å². The van der Waals surface area contributed by atoms with Crippen molar-refractivity contribution in [2.24, 2.45) is 23.0 Å². The molecule has 0 spiro atoms. The number of halogens is 3. The molecule has 210 valence electrons. The Morgan fingerprint density at radius 1 is 1.18 bits per heavy atom. The van der Waals surface area contributed by atoms with Gasteiger partial charge in [0.2, 0.25) is 0 Å². The fourth-order valence-corrected chi connectivity index (χ4v) is 6.36. The minimum atomic E-state index is -4.79. The smallest absolute Gasteiger partial charge is 0.435 e. The fraction of sp³-hybridized carbons (Fsp3) is 0.556. The number of hydrogen-bond donors (Lipinski definition) is 2. The molecule has 0 radical (unpaired) electrons. The van der Waals surface area contributed by atoms with Crippen LogP contribution in [0.1, 0.15) is 72.1 Å². The second kappa shape index (κ2) is 9.56. The van der Waals surface area contributed by atoms with Gasteiger partial charge in [-0.2, -0.15) is 18.3 Å². The maximum absolute atomic E-state index is 13.9. The van der Waals surface area contributed by atoms with E-state index in [1.54, 1.807) is 17.9 Å². The molecule has 1 saturated heterocycles. The van der Waals surface area contributed by atoms with E-state index in [1.165, 1.54) is 16.8 Å². The minimum Gasteiger partial charge on any atom is -0.450 e. The van der Waals surface area contributed by atoms with E-state index in [-0.39, 0.29) is 53.6 Å². The summed E-state index contributed by atoms with van der Waals surface area (Å²) < 4.78 is 48.0. The van der Waals surface area contributed by atoms with Crippen molar-refractivity contribution in [1.82, 2.24) is 14.7 Å². The van der Waals surface area contributed by atoms with E-state index in [2.05, 4.69) is 10.4 Å². The Morgan fingerprint density at radius 2 is 1.85 bits per heavy atom. The Morgan fingerprint density at radius 3 is 2.44 bits per heavy atom. The van der Waals surface area contributed by atoms with Gasteiger partial charge in [0.25, 0.3) is 5.91 Å². The van der Waals surface area contributed by atoms with Gasteiger partial charge in [0, 0.05) is 31.2 Å². The molecule has 3 N–H and O–H groups in total. The summed E-state index contributed by atoms with van der Waals surface area (Å²) in [7, 11) is 0. The lowest BCUT2D eigenvalue weighted by Gasteiger charge is -2.29. The van der Waals surface area contributed by atoms with Crippen LogP contribution in [0, 0.1) is 17.3 Å². The molecule has 2 aliphatic carbocycles. The van der Waals surface area contributed by atoms with Gasteiger partial charge in [-0.3, -0.25) is 9.59 Å². The van der Waals surface area contributed by atoms with E-state index in [9.17, 15) is 27.6 Å². The van der Waals surface area contributed by atoms with Gasteiger partial charge in [0.15, 0.2) is 11.5 Å². The van der Waals surface area contributed by atoms with Gasteiger partial charge in [0.1, 0.15) is 0 Å². The maximum atomic E-state index is 13.9. The van der Waals surface area contributed by atoms with Crippen LogP contribution in [0.3, 0.4) is 0 Å². The van der Waals surface area contributed by atoms with Crippen molar-refractivity contribution in [2.45, 2.75) is 58.7 Å². The zero-order chi connectivity index (χ0) is 28.3. The van der Waals surface area contributed by atoms with Crippen molar-refractivity contribution in [3.05, 3.63) is 40.7 Å². The molecule has 1 aromatic carbocycles. The number of ether oxygens (including phenoxy) is 1. The van der Waals surface area contributed by atoms with Crippen LogP contribution >= 0.6 is 0 Å². The number of anilines is 1. The van der Waals surface area contributed by atoms with Gasteiger partial charge in [-0.1, -0.05) is 13.8 Å². The summed E-state index contributed by atoms with van der Waals surface area (Å²) in [5.74, 6) is -0.715. The van der Waals surface area contributed by atoms with Crippen LogP contribution in [0.25, 0.3) is 5.69 Å². The van der Waals surface area contributed by atoms with Crippen LogP contribution in [-0.2, 0) is 17.3 Å². The molecule has 1 unspecified atom stereocenters. The molecule has 2 aromatic rings. The standard InChI is InChI=1S/C27H32F3N5O4/c1-4-39-25(38)34-12-14-7-16(8-15(14)13-34)32-19-9-17(5-6-18(19)24(31)37)35-20-10-26(2,3)11-21(36)22(20)23(33-35)27(28,29)30/h5-6,9,14-16,32H,4,7-8,10-13H2,1-3H3,(H2,31,37)/t14-,15+,16?. The molecule has 1 aromatic heterocycles. The minimum absolute atomic E-state index is 0.000198. The molecule has 39 heavy (non-hydrogen) atoms. The molecule has 1 aliphatic heterocycles. The third-order valence-corrected chi connectivity index (χ3v) is 7.96. The van der Waals surface area contributed by atoms with Gasteiger partial charge in [-0.15, -0.1) is 0 Å². The second-order valence-corrected chi connectivity index (χ2v) is 11.6. The molecule has 2 fully saturated rings. The topological polar surface area (TPSA) is 120 Å². The van der Waals surface area contributed by atoms with E-state index in [0.29, 0.717) is 31.1 Å². The molecule has 9 nitrogen and oxygen atoms in total. The van der Waals surface area contributed by atoms with Gasteiger partial charge in [0.05, 0.1) is 29.1 Å². The molecule has 3 atom stereocenters. The molecule has 2 amide bonds. The lowest BCUT2D eigenvalue weighted by molar-refractivity contribution is -0.141. The number of nitrogens with two attached hydrogens (primary N) is 1. The molecule has 2 heterocycles. The Labute approximate surface area is 223 Å². The summed E-state index contributed by atoms with van der Waals surface area (Å²) in [5.41, 5.74) is 4.62. The molecule has 5 rings (SSSR count). The van der Waals surface area contributed by atoms with Crippen molar-refractivity contribution in [1.29, 1.82) is 0 Å². The molecule has 0 bridgehead atoms. The zero-order valence-corrected chi connectivity index (χ0v) is 22.1. The number of likely N-dealkylation sites (tertiary alicyclic amines) is 1. The predicted octanol–water partition coefficient (Wildman–Crippen LogP) is 4.42. The Kier molecular flexibility index (Phi) is 6.62. The number of rotatable bonds is 5. The van der Waals surface area contributed by atoms with E-state index < -0.39 is 29.0 Å². The summed E-state index contributed by atoms with van der Waals surface area (Å²) in [5, 5.41) is 7.24. The Balaban J connectivity index is 1.45. The van der Waals surface area contributed by atoms with Crippen LogP contribution in [-0.4, -0.2) is 58.2 Å². The highest BCUT2D eigenvalue weighted by Gasteiger charge is 2.46. The first-order chi connectivity index (χ1) is 18.3. The number of primary amides is 1. The Hall–Kier alpha value is -3.57. The maximum Gasteiger partial charge on any atom is 0.435 e. The number of nitrogens with zero attached hydrogens (tertiary/aromatic N) is 3. The van der Waals surface area contributed by atoms with E-state index in [0.717, 1.165) is 12.8 Å². The quantitative estimate of drug-likeness (QED) is 0.572. The number of carbonyl (C=O) groups excluding carboxylic acids is 3. The van der Waals surface area contributed by atoms with Crippen molar-refractivity contribution >= 4 is 23.5 Å². The number of ketones is 1. The van der Waals surface area contributed by atoms with Gasteiger partial charge in [-0.05, 0) is 61.6 Å². The molecule has 3 aliphatic rings. The normalized spacial score (nSPS) is 23.9. The number of amides is 2. The largest absolute Gasteiger partial charge is 0.450 e. The number of fused-ring (bicyclic) bond motifs is 2.